The van der Waals surface area contributed by atoms with Crippen LogP contribution in [-0.4, -0.2) is 36.1 Å². The van der Waals surface area contributed by atoms with Crippen molar-refractivity contribution in [3.8, 4) is 0 Å². The average molecular weight is 217 g/mol. The summed E-state index contributed by atoms with van der Waals surface area (Å²) in [6.45, 7) is 1.55. The van der Waals surface area contributed by atoms with E-state index in [1.54, 1.807) is 6.92 Å². The Balaban J connectivity index is 3.55. The summed E-state index contributed by atoms with van der Waals surface area (Å²) >= 11 is 0. The van der Waals surface area contributed by atoms with E-state index in [-0.39, 0.29) is 13.1 Å². The molecule has 0 saturated heterocycles. The first kappa shape index (κ1) is 13.2. The number of carboxylic acids is 1. The molecule has 0 saturated carbocycles. The largest absolute Gasteiger partial charge is 0.481 e. The number of amides is 3. The minimum atomic E-state index is -0.908. The van der Waals surface area contributed by atoms with Crippen LogP contribution in [0, 0.1) is 5.92 Å². The maximum absolute atomic E-state index is 10.9. The highest BCUT2D eigenvalue weighted by atomic mass is 16.4. The molecule has 0 bridgehead atoms. The number of hydrogen-bond donors (Lipinski definition) is 4. The van der Waals surface area contributed by atoms with Gasteiger partial charge in [0.1, 0.15) is 0 Å². The molecular weight excluding hydrogens is 202 g/mol. The Morgan fingerprint density at radius 3 is 2.40 bits per heavy atom. The quantitative estimate of drug-likeness (QED) is 0.450. The second-order valence-electron chi connectivity index (χ2n) is 3.10. The predicted molar refractivity (Wildman–Crippen MR) is 52.0 cm³/mol. The van der Waals surface area contributed by atoms with Gasteiger partial charge in [-0.05, 0) is 6.42 Å². The molecule has 0 aromatic rings. The molecule has 0 spiro atoms. The van der Waals surface area contributed by atoms with Gasteiger partial charge >= 0.3 is 12.0 Å². The average Bonchev–Trinajstić information content (AvgIpc) is 2.14. The van der Waals surface area contributed by atoms with Gasteiger partial charge in [0.05, 0.1) is 12.5 Å². The summed E-state index contributed by atoms with van der Waals surface area (Å²) in [4.78, 5) is 31.6. The van der Waals surface area contributed by atoms with Gasteiger partial charge in [0.2, 0.25) is 5.91 Å². The van der Waals surface area contributed by atoms with Crippen molar-refractivity contribution in [2.75, 3.05) is 13.1 Å². The summed E-state index contributed by atoms with van der Waals surface area (Å²) in [6, 6.07) is -0.536. The Morgan fingerprint density at radius 2 is 1.93 bits per heavy atom. The number of aliphatic carboxylic acids is 1. The van der Waals surface area contributed by atoms with E-state index in [1.807, 2.05) is 0 Å². The molecule has 7 nitrogen and oxygen atoms in total. The van der Waals surface area contributed by atoms with Crippen molar-refractivity contribution in [2.45, 2.75) is 13.3 Å². The fraction of sp³-hybridized carbons (Fsp3) is 0.625. The van der Waals surface area contributed by atoms with Crippen molar-refractivity contribution in [3.63, 3.8) is 0 Å². The standard InChI is InChI=1S/C8H15N3O4/c1-5(7(13)14)2-3-10-8(15)11-4-6(9)12/h5H,2-4H2,1H3,(H2,9,12)(H,13,14)(H2,10,11,15). The van der Waals surface area contributed by atoms with Gasteiger partial charge in [-0.3, -0.25) is 9.59 Å². The first-order valence-electron chi connectivity index (χ1n) is 4.46. The first-order chi connectivity index (χ1) is 6.93. The summed E-state index contributed by atoms with van der Waals surface area (Å²) in [7, 11) is 0. The van der Waals surface area contributed by atoms with Gasteiger partial charge in [-0.2, -0.15) is 0 Å². The van der Waals surface area contributed by atoms with Crippen molar-refractivity contribution in [3.05, 3.63) is 0 Å². The van der Waals surface area contributed by atoms with E-state index in [1.165, 1.54) is 0 Å². The number of rotatable bonds is 6. The highest BCUT2D eigenvalue weighted by molar-refractivity contribution is 5.82. The Labute approximate surface area is 87.0 Å². The van der Waals surface area contributed by atoms with Crippen molar-refractivity contribution in [1.29, 1.82) is 0 Å². The molecule has 15 heavy (non-hydrogen) atoms. The van der Waals surface area contributed by atoms with Gasteiger partial charge in [0.15, 0.2) is 0 Å². The Kier molecular flexibility index (Phi) is 5.84. The third-order valence-corrected chi connectivity index (χ3v) is 1.71. The number of nitrogens with two attached hydrogens (primary N) is 1. The molecule has 0 heterocycles. The molecule has 0 radical (unpaired) electrons. The highest BCUT2D eigenvalue weighted by Gasteiger charge is 2.10. The van der Waals surface area contributed by atoms with Crippen molar-refractivity contribution >= 4 is 17.9 Å². The van der Waals surface area contributed by atoms with Gasteiger partial charge in [-0.25, -0.2) is 4.79 Å². The van der Waals surface area contributed by atoms with E-state index in [0.29, 0.717) is 6.42 Å². The number of primary amides is 1. The zero-order valence-corrected chi connectivity index (χ0v) is 8.45. The molecule has 0 aromatic heterocycles. The lowest BCUT2D eigenvalue weighted by atomic mass is 10.1. The summed E-state index contributed by atoms with van der Waals surface area (Å²) in [5, 5.41) is 13.1. The molecule has 0 aromatic carbocycles. The fourth-order valence-electron chi connectivity index (χ4n) is 0.756. The summed E-state index contributed by atoms with van der Waals surface area (Å²) in [6.07, 6.45) is 0.333. The fourth-order valence-corrected chi connectivity index (χ4v) is 0.756. The molecule has 0 rings (SSSR count). The third-order valence-electron chi connectivity index (χ3n) is 1.71. The van der Waals surface area contributed by atoms with E-state index >= 15 is 0 Å². The maximum Gasteiger partial charge on any atom is 0.315 e. The summed E-state index contributed by atoms with van der Waals surface area (Å²) in [5.74, 6) is -2.06. The number of hydrogen-bond acceptors (Lipinski definition) is 3. The van der Waals surface area contributed by atoms with Crippen LogP contribution in [-0.2, 0) is 9.59 Å². The molecule has 86 valence electrons. The molecule has 0 aliphatic rings. The minimum Gasteiger partial charge on any atom is -0.481 e. The van der Waals surface area contributed by atoms with Crippen molar-refractivity contribution < 1.29 is 19.5 Å². The zero-order chi connectivity index (χ0) is 11.8. The molecule has 7 heteroatoms. The number of nitrogens with one attached hydrogen (secondary N) is 2. The van der Waals surface area contributed by atoms with Crippen LogP contribution < -0.4 is 16.4 Å². The third kappa shape index (κ3) is 7.29. The molecule has 0 aliphatic carbocycles. The lowest BCUT2D eigenvalue weighted by Crippen LogP contribution is -2.41. The molecule has 1 atom stereocenters. The van der Waals surface area contributed by atoms with Crippen LogP contribution >= 0.6 is 0 Å². The highest BCUT2D eigenvalue weighted by Crippen LogP contribution is 1.99. The molecule has 3 amide bonds. The Morgan fingerprint density at radius 1 is 1.33 bits per heavy atom. The van der Waals surface area contributed by atoms with Crippen LogP contribution in [0.3, 0.4) is 0 Å². The second kappa shape index (κ2) is 6.63. The van der Waals surface area contributed by atoms with Crippen LogP contribution in [0.15, 0.2) is 0 Å². The minimum absolute atomic E-state index is 0.234. The lowest BCUT2D eigenvalue weighted by Gasteiger charge is -2.08. The maximum atomic E-state index is 10.9. The van der Waals surface area contributed by atoms with Crippen LogP contribution in [0.2, 0.25) is 0 Å². The normalized spacial score (nSPS) is 11.5. The van der Waals surface area contributed by atoms with Crippen LogP contribution in [0.25, 0.3) is 0 Å². The number of carbonyl (C=O) groups is 3. The zero-order valence-electron chi connectivity index (χ0n) is 8.45. The number of carbonyl (C=O) groups excluding carboxylic acids is 2. The molecule has 0 fully saturated rings. The summed E-state index contributed by atoms with van der Waals surface area (Å²) in [5.41, 5.74) is 4.80. The van der Waals surface area contributed by atoms with E-state index < -0.39 is 23.8 Å². The van der Waals surface area contributed by atoms with E-state index in [9.17, 15) is 14.4 Å². The van der Waals surface area contributed by atoms with Gasteiger partial charge < -0.3 is 21.5 Å². The number of carboxylic acid groups (broad SMARTS) is 1. The molecular formula is C8H15N3O4. The predicted octanol–water partition coefficient (Wildman–Crippen LogP) is -1.12. The van der Waals surface area contributed by atoms with Crippen molar-refractivity contribution in [2.24, 2.45) is 11.7 Å². The van der Waals surface area contributed by atoms with E-state index in [2.05, 4.69) is 10.6 Å². The summed E-state index contributed by atoms with van der Waals surface area (Å²) < 4.78 is 0. The number of urea groups is 1. The van der Waals surface area contributed by atoms with E-state index in [0.717, 1.165) is 0 Å². The van der Waals surface area contributed by atoms with Gasteiger partial charge in [0.25, 0.3) is 0 Å². The smallest absolute Gasteiger partial charge is 0.315 e. The Bertz CT molecular complexity index is 254. The topological polar surface area (TPSA) is 122 Å². The van der Waals surface area contributed by atoms with Crippen LogP contribution in [0.1, 0.15) is 13.3 Å². The molecule has 1 unspecified atom stereocenters. The SMILES string of the molecule is CC(CCNC(=O)NCC(N)=O)C(=O)O. The van der Waals surface area contributed by atoms with Gasteiger partial charge in [-0.15, -0.1) is 0 Å². The lowest BCUT2D eigenvalue weighted by molar-refractivity contribution is -0.141. The van der Waals surface area contributed by atoms with Crippen LogP contribution in [0.4, 0.5) is 4.79 Å². The first-order valence-corrected chi connectivity index (χ1v) is 4.46. The molecule has 0 aliphatic heterocycles. The van der Waals surface area contributed by atoms with Crippen LogP contribution in [0.5, 0.6) is 0 Å². The second-order valence-corrected chi connectivity index (χ2v) is 3.10. The Hall–Kier alpha value is -1.79. The van der Waals surface area contributed by atoms with Gasteiger partial charge in [0, 0.05) is 6.54 Å². The van der Waals surface area contributed by atoms with E-state index in [4.69, 9.17) is 10.8 Å². The van der Waals surface area contributed by atoms with Gasteiger partial charge in [-0.1, -0.05) is 6.92 Å². The molecule has 5 N–H and O–H groups in total. The van der Waals surface area contributed by atoms with Crippen molar-refractivity contribution in [1.82, 2.24) is 10.6 Å². The monoisotopic (exact) mass is 217 g/mol.